The van der Waals surface area contributed by atoms with Crippen molar-refractivity contribution in [3.8, 4) is 0 Å². The second-order valence-corrected chi connectivity index (χ2v) is 5.86. The number of rotatable bonds is 4. The summed E-state index contributed by atoms with van der Waals surface area (Å²) in [5.41, 5.74) is 8.24. The molecule has 0 radical (unpaired) electrons. The summed E-state index contributed by atoms with van der Waals surface area (Å²) in [5.74, 6) is 0. The summed E-state index contributed by atoms with van der Waals surface area (Å²) < 4.78 is 22.6. The van der Waals surface area contributed by atoms with Crippen molar-refractivity contribution in [1.29, 1.82) is 0 Å². The highest BCUT2D eigenvalue weighted by atomic mass is 32.2. The van der Waals surface area contributed by atoms with E-state index in [0.717, 1.165) is 11.4 Å². The Bertz CT molecular complexity index is 713. The van der Waals surface area contributed by atoms with Gasteiger partial charge in [0.05, 0.1) is 40.4 Å². The van der Waals surface area contributed by atoms with Gasteiger partial charge >= 0.3 is 0 Å². The minimum absolute atomic E-state index is 0.00388. The van der Waals surface area contributed by atoms with Crippen molar-refractivity contribution in [3.63, 3.8) is 0 Å². The first-order valence-corrected chi connectivity index (χ1v) is 7.34. The van der Waals surface area contributed by atoms with Crippen LogP contribution in [-0.2, 0) is 16.6 Å². The lowest BCUT2D eigenvalue weighted by molar-refractivity contribution is 0.598. The molecule has 1 aromatic heterocycles. The van der Waals surface area contributed by atoms with E-state index in [2.05, 4.69) is 15.3 Å². The van der Waals surface area contributed by atoms with Crippen LogP contribution in [0.15, 0.2) is 35.5 Å². The standard InChI is InChI=1S/C12H15N5O2S/c1-8-5-16-9(6-15-8)7-17-12-4-10(20(14,18)19)2-3-11(12)13/h2-6,17H,7,13H2,1H3,(H2,14,18,19). The predicted molar refractivity (Wildman–Crippen MR) is 76.3 cm³/mol. The molecule has 0 aliphatic heterocycles. The molecule has 8 heteroatoms. The van der Waals surface area contributed by atoms with Gasteiger partial charge in [0.2, 0.25) is 10.0 Å². The van der Waals surface area contributed by atoms with Gasteiger partial charge in [-0.1, -0.05) is 0 Å². The van der Waals surface area contributed by atoms with Gasteiger partial charge in [-0.05, 0) is 25.1 Å². The topological polar surface area (TPSA) is 124 Å². The quantitative estimate of drug-likeness (QED) is 0.710. The van der Waals surface area contributed by atoms with E-state index in [1.54, 1.807) is 12.4 Å². The summed E-state index contributed by atoms with van der Waals surface area (Å²) in [7, 11) is -3.75. The van der Waals surface area contributed by atoms with E-state index in [9.17, 15) is 8.42 Å². The molecule has 0 saturated heterocycles. The van der Waals surface area contributed by atoms with Crippen LogP contribution in [0.2, 0.25) is 0 Å². The lowest BCUT2D eigenvalue weighted by atomic mass is 10.2. The highest BCUT2D eigenvalue weighted by molar-refractivity contribution is 7.89. The van der Waals surface area contributed by atoms with E-state index in [0.29, 0.717) is 17.9 Å². The Morgan fingerprint density at radius 3 is 2.60 bits per heavy atom. The first kappa shape index (κ1) is 14.2. The Kier molecular flexibility index (Phi) is 3.86. The number of sulfonamides is 1. The zero-order chi connectivity index (χ0) is 14.8. The predicted octanol–water partition coefficient (Wildman–Crippen LogP) is 0.627. The zero-order valence-corrected chi connectivity index (χ0v) is 11.7. The van der Waals surface area contributed by atoms with Crippen LogP contribution in [0.3, 0.4) is 0 Å². The van der Waals surface area contributed by atoms with Crippen LogP contribution < -0.4 is 16.2 Å². The van der Waals surface area contributed by atoms with Gasteiger partial charge in [-0.25, -0.2) is 13.6 Å². The summed E-state index contributed by atoms with van der Waals surface area (Å²) in [5, 5.41) is 8.09. The second kappa shape index (κ2) is 5.43. The number of nitrogens with two attached hydrogens (primary N) is 2. The molecule has 7 nitrogen and oxygen atoms in total. The molecule has 0 unspecified atom stereocenters. The zero-order valence-electron chi connectivity index (χ0n) is 10.9. The van der Waals surface area contributed by atoms with Gasteiger partial charge in [0.1, 0.15) is 0 Å². The maximum Gasteiger partial charge on any atom is 0.238 e. The molecule has 5 N–H and O–H groups in total. The lowest BCUT2D eigenvalue weighted by Crippen LogP contribution is -2.13. The first-order valence-electron chi connectivity index (χ1n) is 5.80. The van der Waals surface area contributed by atoms with E-state index < -0.39 is 10.0 Å². The lowest BCUT2D eigenvalue weighted by Gasteiger charge is -2.10. The van der Waals surface area contributed by atoms with Gasteiger partial charge in [-0.2, -0.15) is 0 Å². The van der Waals surface area contributed by atoms with Crippen molar-refractivity contribution in [2.75, 3.05) is 11.1 Å². The molecule has 0 spiro atoms. The van der Waals surface area contributed by atoms with Gasteiger partial charge in [0, 0.05) is 6.20 Å². The summed E-state index contributed by atoms with van der Waals surface area (Å²) in [6, 6.07) is 4.25. The van der Waals surface area contributed by atoms with Gasteiger partial charge in [0.25, 0.3) is 0 Å². The average molecular weight is 293 g/mol. The van der Waals surface area contributed by atoms with Crippen molar-refractivity contribution in [1.82, 2.24) is 9.97 Å². The summed E-state index contributed by atoms with van der Waals surface area (Å²) >= 11 is 0. The SMILES string of the molecule is Cc1cnc(CNc2cc(S(N)(=O)=O)ccc2N)cn1. The van der Waals surface area contributed by atoms with Crippen LogP contribution in [0, 0.1) is 6.92 Å². The first-order chi connectivity index (χ1) is 9.36. The number of hydrogen-bond donors (Lipinski definition) is 3. The summed E-state index contributed by atoms with van der Waals surface area (Å²) in [6.45, 7) is 2.23. The van der Waals surface area contributed by atoms with Crippen LogP contribution in [-0.4, -0.2) is 18.4 Å². The van der Waals surface area contributed by atoms with E-state index in [1.165, 1.54) is 18.2 Å². The molecule has 2 aromatic rings. The van der Waals surface area contributed by atoms with Crippen molar-refractivity contribution in [2.24, 2.45) is 5.14 Å². The van der Waals surface area contributed by atoms with Crippen LogP contribution in [0.25, 0.3) is 0 Å². The molecule has 1 aromatic carbocycles. The monoisotopic (exact) mass is 293 g/mol. The molecule has 0 bridgehead atoms. The highest BCUT2D eigenvalue weighted by Crippen LogP contribution is 2.22. The molecule has 0 saturated carbocycles. The number of anilines is 2. The maximum atomic E-state index is 11.3. The third-order valence-electron chi connectivity index (χ3n) is 2.65. The molecule has 106 valence electrons. The van der Waals surface area contributed by atoms with Gasteiger partial charge in [-0.3, -0.25) is 9.97 Å². The normalized spacial score (nSPS) is 11.3. The number of hydrogen-bond acceptors (Lipinski definition) is 6. The fourth-order valence-corrected chi connectivity index (χ4v) is 2.10. The Morgan fingerprint density at radius 1 is 1.25 bits per heavy atom. The number of benzene rings is 1. The van der Waals surface area contributed by atoms with Gasteiger partial charge in [0.15, 0.2) is 0 Å². The summed E-state index contributed by atoms with van der Waals surface area (Å²) in [4.78, 5) is 8.31. The Balaban J connectivity index is 2.19. The average Bonchev–Trinajstić information content (AvgIpc) is 2.38. The Morgan fingerprint density at radius 2 is 2.00 bits per heavy atom. The third-order valence-corrected chi connectivity index (χ3v) is 3.56. The molecular weight excluding hydrogens is 278 g/mol. The summed E-state index contributed by atoms with van der Waals surface area (Å²) in [6.07, 6.45) is 3.29. The number of primary sulfonamides is 1. The van der Waals surface area contributed by atoms with Crippen LogP contribution >= 0.6 is 0 Å². The number of aryl methyl sites for hydroxylation is 1. The van der Waals surface area contributed by atoms with Crippen molar-refractivity contribution >= 4 is 21.4 Å². The molecule has 20 heavy (non-hydrogen) atoms. The van der Waals surface area contributed by atoms with Crippen LogP contribution in [0.1, 0.15) is 11.4 Å². The molecule has 2 rings (SSSR count). The molecule has 0 aliphatic rings. The van der Waals surface area contributed by atoms with E-state index in [4.69, 9.17) is 10.9 Å². The van der Waals surface area contributed by atoms with E-state index in [1.807, 2.05) is 6.92 Å². The third kappa shape index (κ3) is 3.43. The van der Waals surface area contributed by atoms with Crippen molar-refractivity contribution < 1.29 is 8.42 Å². The molecule has 0 amide bonds. The minimum atomic E-state index is -3.75. The number of nitrogen functional groups attached to an aromatic ring is 1. The van der Waals surface area contributed by atoms with Crippen molar-refractivity contribution in [3.05, 3.63) is 42.0 Å². The molecule has 1 heterocycles. The smallest absolute Gasteiger partial charge is 0.238 e. The molecule has 0 atom stereocenters. The molecule has 0 fully saturated rings. The number of nitrogens with one attached hydrogen (secondary N) is 1. The van der Waals surface area contributed by atoms with Crippen LogP contribution in [0.5, 0.6) is 0 Å². The maximum absolute atomic E-state index is 11.3. The van der Waals surface area contributed by atoms with Gasteiger partial charge in [-0.15, -0.1) is 0 Å². The van der Waals surface area contributed by atoms with Crippen molar-refractivity contribution in [2.45, 2.75) is 18.4 Å². The largest absolute Gasteiger partial charge is 0.397 e. The fourth-order valence-electron chi connectivity index (χ4n) is 1.56. The highest BCUT2D eigenvalue weighted by Gasteiger charge is 2.10. The van der Waals surface area contributed by atoms with Crippen LogP contribution in [0.4, 0.5) is 11.4 Å². The molecular formula is C12H15N5O2S. The van der Waals surface area contributed by atoms with E-state index >= 15 is 0 Å². The number of aromatic nitrogens is 2. The van der Waals surface area contributed by atoms with E-state index in [-0.39, 0.29) is 4.90 Å². The Labute approximate surface area is 117 Å². The van der Waals surface area contributed by atoms with Gasteiger partial charge < -0.3 is 11.1 Å². The fraction of sp³-hybridized carbons (Fsp3) is 0.167. The Hall–Kier alpha value is -2.19. The number of nitrogens with zero attached hydrogens (tertiary/aromatic N) is 2. The minimum Gasteiger partial charge on any atom is -0.397 e. The molecule has 0 aliphatic carbocycles. The second-order valence-electron chi connectivity index (χ2n) is 4.30.